The third-order valence-electron chi connectivity index (χ3n) is 4.08. The highest BCUT2D eigenvalue weighted by Crippen LogP contribution is 2.23. The van der Waals surface area contributed by atoms with E-state index in [0.29, 0.717) is 25.7 Å². The summed E-state index contributed by atoms with van der Waals surface area (Å²) in [5.74, 6) is 1.36. The van der Waals surface area contributed by atoms with E-state index >= 15 is 0 Å². The Morgan fingerprint density at radius 1 is 1.25 bits per heavy atom. The first-order valence-corrected chi connectivity index (χ1v) is 7.86. The molecule has 5 nitrogen and oxygen atoms in total. The zero-order valence-corrected chi connectivity index (χ0v) is 12.5. The van der Waals surface area contributed by atoms with Crippen LogP contribution in [0, 0.1) is 5.92 Å². The van der Waals surface area contributed by atoms with Gasteiger partial charge in [-0.1, -0.05) is 26.2 Å². The van der Waals surface area contributed by atoms with Crippen molar-refractivity contribution in [1.82, 2.24) is 4.90 Å². The fourth-order valence-corrected chi connectivity index (χ4v) is 2.88. The molecular formula is C15H26N2O3. The molecule has 0 aromatic heterocycles. The van der Waals surface area contributed by atoms with Crippen molar-refractivity contribution >= 4 is 11.9 Å². The Bertz CT molecular complexity index is 332. The lowest BCUT2D eigenvalue weighted by Gasteiger charge is -2.29. The number of rotatable bonds is 3. The predicted octanol–water partition coefficient (Wildman–Crippen LogP) is 2.84. The molecule has 5 heteroatoms. The summed E-state index contributed by atoms with van der Waals surface area (Å²) < 4.78 is 10.6. The fraction of sp³-hybridized carbons (Fsp3) is 0.867. The highest BCUT2D eigenvalue weighted by Gasteiger charge is 2.17. The summed E-state index contributed by atoms with van der Waals surface area (Å²) in [6.07, 6.45) is 6.53. The van der Waals surface area contributed by atoms with Gasteiger partial charge in [0.05, 0.1) is 19.8 Å². The second-order valence-electron chi connectivity index (χ2n) is 5.56. The number of amides is 1. The summed E-state index contributed by atoms with van der Waals surface area (Å²) in [5.41, 5.74) is 0. The predicted molar refractivity (Wildman–Crippen MR) is 78.0 cm³/mol. The number of nitrogens with zero attached hydrogens (tertiary/aromatic N) is 2. The number of carbonyl (C=O) groups is 1. The second kappa shape index (κ2) is 8.25. The lowest BCUT2D eigenvalue weighted by Crippen LogP contribution is -2.40. The van der Waals surface area contributed by atoms with Crippen LogP contribution < -0.4 is 0 Å². The number of hydrogen-bond acceptors (Lipinski definition) is 3. The van der Waals surface area contributed by atoms with Crippen LogP contribution in [0.1, 0.15) is 45.4 Å². The van der Waals surface area contributed by atoms with Gasteiger partial charge in [0.25, 0.3) is 0 Å². The first-order valence-electron chi connectivity index (χ1n) is 7.86. The number of hydrogen-bond donors (Lipinski definition) is 0. The molecule has 1 saturated heterocycles. The van der Waals surface area contributed by atoms with Crippen molar-refractivity contribution in [2.45, 2.75) is 45.4 Å². The van der Waals surface area contributed by atoms with E-state index in [4.69, 9.17) is 9.47 Å². The van der Waals surface area contributed by atoms with E-state index in [1.807, 2.05) is 6.92 Å². The number of ether oxygens (including phenoxy) is 2. The minimum absolute atomic E-state index is 0.432. The molecule has 1 amide bonds. The quantitative estimate of drug-likeness (QED) is 0.590. The smallest absolute Gasteiger partial charge is 0.435 e. The fourth-order valence-electron chi connectivity index (χ4n) is 2.88. The van der Waals surface area contributed by atoms with E-state index in [-0.39, 0.29) is 0 Å². The summed E-state index contributed by atoms with van der Waals surface area (Å²) >= 11 is 0. The van der Waals surface area contributed by atoms with Crippen LogP contribution >= 0.6 is 0 Å². The summed E-state index contributed by atoms with van der Waals surface area (Å²) in [4.78, 5) is 18.1. The first kappa shape index (κ1) is 15.3. The summed E-state index contributed by atoms with van der Waals surface area (Å²) in [6.45, 7) is 5.57. The highest BCUT2D eigenvalue weighted by atomic mass is 16.5. The van der Waals surface area contributed by atoms with E-state index in [1.165, 1.54) is 32.1 Å². The zero-order valence-electron chi connectivity index (χ0n) is 12.5. The van der Waals surface area contributed by atoms with Gasteiger partial charge in [0.15, 0.2) is 0 Å². The van der Waals surface area contributed by atoms with Crippen molar-refractivity contribution in [2.75, 3.05) is 32.9 Å². The van der Waals surface area contributed by atoms with Crippen LogP contribution in [0.25, 0.3) is 0 Å². The van der Waals surface area contributed by atoms with Crippen molar-refractivity contribution in [1.29, 1.82) is 0 Å². The SMILES string of the molecule is CC/C(=N/C(=O)OCC1CCCCC1)N1CCOCC1. The number of amidine groups is 1. The van der Waals surface area contributed by atoms with E-state index in [0.717, 1.165) is 25.3 Å². The van der Waals surface area contributed by atoms with Gasteiger partial charge in [-0.25, -0.2) is 4.79 Å². The van der Waals surface area contributed by atoms with E-state index in [9.17, 15) is 4.79 Å². The summed E-state index contributed by atoms with van der Waals surface area (Å²) in [5, 5.41) is 0. The Kier molecular flexibility index (Phi) is 6.30. The van der Waals surface area contributed by atoms with Crippen molar-refractivity contribution in [3.63, 3.8) is 0 Å². The molecule has 1 saturated carbocycles. The summed E-state index contributed by atoms with van der Waals surface area (Å²) in [6, 6.07) is 0. The Labute approximate surface area is 121 Å². The van der Waals surface area contributed by atoms with Gasteiger partial charge in [0, 0.05) is 19.5 Å². The van der Waals surface area contributed by atoms with Crippen LogP contribution in [0.5, 0.6) is 0 Å². The molecule has 0 aromatic carbocycles. The lowest BCUT2D eigenvalue weighted by atomic mass is 9.90. The average molecular weight is 282 g/mol. The number of morpholine rings is 1. The Balaban J connectivity index is 1.78. The Hall–Kier alpha value is -1.10. The van der Waals surface area contributed by atoms with Gasteiger partial charge >= 0.3 is 6.09 Å². The molecular weight excluding hydrogens is 256 g/mol. The molecule has 0 atom stereocenters. The monoisotopic (exact) mass is 282 g/mol. The van der Waals surface area contributed by atoms with Gasteiger partial charge in [-0.05, 0) is 18.8 Å². The minimum atomic E-state index is -0.432. The van der Waals surface area contributed by atoms with Crippen molar-refractivity contribution in [3.05, 3.63) is 0 Å². The number of carbonyl (C=O) groups excluding carboxylic acids is 1. The third kappa shape index (κ3) is 4.78. The molecule has 2 fully saturated rings. The molecule has 1 heterocycles. The molecule has 2 aliphatic rings. The van der Waals surface area contributed by atoms with E-state index in [1.54, 1.807) is 0 Å². The second-order valence-corrected chi connectivity index (χ2v) is 5.56. The third-order valence-corrected chi connectivity index (χ3v) is 4.08. The van der Waals surface area contributed by atoms with Crippen LogP contribution in [-0.2, 0) is 9.47 Å². The molecule has 20 heavy (non-hydrogen) atoms. The molecule has 0 spiro atoms. The van der Waals surface area contributed by atoms with Crippen LogP contribution in [0.2, 0.25) is 0 Å². The number of aliphatic imine (C=N–C) groups is 1. The van der Waals surface area contributed by atoms with Crippen molar-refractivity contribution in [2.24, 2.45) is 10.9 Å². The van der Waals surface area contributed by atoms with Crippen molar-refractivity contribution in [3.8, 4) is 0 Å². The standard InChI is InChI=1S/C15H26N2O3/c1-2-14(17-8-10-19-11-9-17)16-15(18)20-12-13-6-4-3-5-7-13/h13H,2-12H2,1H3/b16-14-. The van der Waals surface area contributed by atoms with Crippen LogP contribution in [-0.4, -0.2) is 49.7 Å². The molecule has 0 bridgehead atoms. The lowest BCUT2D eigenvalue weighted by molar-refractivity contribution is 0.0668. The minimum Gasteiger partial charge on any atom is -0.448 e. The van der Waals surface area contributed by atoms with Crippen LogP contribution in [0.3, 0.4) is 0 Å². The van der Waals surface area contributed by atoms with Crippen LogP contribution in [0.15, 0.2) is 4.99 Å². The van der Waals surface area contributed by atoms with Gasteiger partial charge in [0.2, 0.25) is 0 Å². The topological polar surface area (TPSA) is 51.1 Å². The molecule has 0 unspecified atom stereocenters. The molecule has 0 N–H and O–H groups in total. The Morgan fingerprint density at radius 2 is 1.95 bits per heavy atom. The maximum Gasteiger partial charge on any atom is 0.435 e. The molecule has 114 valence electrons. The van der Waals surface area contributed by atoms with Gasteiger partial charge < -0.3 is 14.4 Å². The molecule has 0 radical (unpaired) electrons. The summed E-state index contributed by atoms with van der Waals surface area (Å²) in [7, 11) is 0. The first-order chi connectivity index (χ1) is 9.79. The van der Waals surface area contributed by atoms with Gasteiger partial charge in [-0.2, -0.15) is 4.99 Å². The highest BCUT2D eigenvalue weighted by molar-refractivity contribution is 5.91. The van der Waals surface area contributed by atoms with Gasteiger partial charge in [-0.15, -0.1) is 0 Å². The van der Waals surface area contributed by atoms with Gasteiger partial charge in [0.1, 0.15) is 5.84 Å². The zero-order chi connectivity index (χ0) is 14.2. The van der Waals surface area contributed by atoms with E-state index < -0.39 is 6.09 Å². The average Bonchev–Trinajstić information content (AvgIpc) is 2.52. The molecule has 2 rings (SSSR count). The van der Waals surface area contributed by atoms with Crippen LogP contribution in [0.4, 0.5) is 4.79 Å². The largest absolute Gasteiger partial charge is 0.448 e. The maximum absolute atomic E-state index is 11.8. The van der Waals surface area contributed by atoms with Crippen molar-refractivity contribution < 1.29 is 14.3 Å². The molecule has 0 aromatic rings. The van der Waals surface area contributed by atoms with E-state index in [2.05, 4.69) is 9.89 Å². The molecule has 1 aliphatic carbocycles. The van der Waals surface area contributed by atoms with Gasteiger partial charge in [-0.3, -0.25) is 0 Å². The maximum atomic E-state index is 11.8. The normalized spacial score (nSPS) is 21.9. The molecule has 1 aliphatic heterocycles. The Morgan fingerprint density at radius 3 is 2.60 bits per heavy atom.